The van der Waals surface area contributed by atoms with Crippen molar-refractivity contribution in [2.45, 2.75) is 12.6 Å². The molecular formula is C11H9F3S. The Morgan fingerprint density at radius 1 is 1.40 bits per heavy atom. The second kappa shape index (κ2) is 3.85. The number of fused-ring (bicyclic) bond motifs is 1. The number of rotatable bonds is 1. The van der Waals surface area contributed by atoms with Crippen molar-refractivity contribution in [1.29, 1.82) is 0 Å². The molecule has 1 aromatic rings. The van der Waals surface area contributed by atoms with E-state index in [0.717, 1.165) is 9.75 Å². The summed E-state index contributed by atoms with van der Waals surface area (Å²) in [7, 11) is 0. The number of halogens is 3. The van der Waals surface area contributed by atoms with Gasteiger partial charge in [-0.25, -0.2) is 0 Å². The molecular weight excluding hydrogens is 221 g/mol. The minimum Gasteiger partial charge on any atom is -0.167 e. The molecule has 0 nitrogen and oxygen atoms in total. The molecule has 0 bridgehead atoms. The van der Waals surface area contributed by atoms with Crippen LogP contribution in [0.5, 0.6) is 0 Å². The zero-order valence-electron chi connectivity index (χ0n) is 7.79. The molecule has 0 N–H and O–H groups in total. The first-order valence-corrected chi connectivity index (χ1v) is 5.44. The van der Waals surface area contributed by atoms with Crippen LogP contribution in [0.15, 0.2) is 23.6 Å². The van der Waals surface area contributed by atoms with E-state index in [0.29, 0.717) is 12.5 Å². The van der Waals surface area contributed by atoms with Gasteiger partial charge in [-0.3, -0.25) is 0 Å². The molecule has 1 heterocycles. The molecule has 0 amide bonds. The van der Waals surface area contributed by atoms with Gasteiger partial charge in [0.05, 0.1) is 0 Å². The monoisotopic (exact) mass is 230 g/mol. The zero-order chi connectivity index (χ0) is 10.9. The van der Waals surface area contributed by atoms with Crippen molar-refractivity contribution < 1.29 is 13.2 Å². The van der Waals surface area contributed by atoms with Crippen LogP contribution < -0.4 is 9.75 Å². The van der Waals surface area contributed by atoms with E-state index in [4.69, 9.17) is 0 Å². The van der Waals surface area contributed by atoms with Crippen molar-refractivity contribution >= 4 is 23.5 Å². The predicted molar refractivity (Wildman–Crippen MR) is 55.8 cm³/mol. The third-order valence-electron chi connectivity index (χ3n) is 2.23. The molecule has 0 aromatic carbocycles. The Bertz CT molecular complexity index is 479. The SMILES string of the molecule is FC(F)(F)/C=C\C1C=c2ccsc2=CC1. The number of hydrogen-bond donors (Lipinski definition) is 0. The van der Waals surface area contributed by atoms with Gasteiger partial charge < -0.3 is 0 Å². The van der Waals surface area contributed by atoms with E-state index in [2.05, 4.69) is 0 Å². The molecule has 0 radical (unpaired) electrons. The molecule has 1 unspecified atom stereocenters. The summed E-state index contributed by atoms with van der Waals surface area (Å²) in [5.41, 5.74) is 0. The van der Waals surface area contributed by atoms with Gasteiger partial charge in [-0.05, 0) is 29.0 Å². The number of allylic oxidation sites excluding steroid dienone is 2. The van der Waals surface area contributed by atoms with E-state index in [9.17, 15) is 13.2 Å². The fourth-order valence-electron chi connectivity index (χ4n) is 1.54. The second-order valence-electron chi connectivity index (χ2n) is 3.41. The largest absolute Gasteiger partial charge is 0.409 e. The highest BCUT2D eigenvalue weighted by Crippen LogP contribution is 2.19. The lowest BCUT2D eigenvalue weighted by atomic mass is 10.00. The van der Waals surface area contributed by atoms with E-state index < -0.39 is 6.18 Å². The van der Waals surface area contributed by atoms with Crippen LogP contribution >= 0.6 is 11.3 Å². The van der Waals surface area contributed by atoms with Crippen LogP contribution in [0.4, 0.5) is 13.2 Å². The van der Waals surface area contributed by atoms with Crippen molar-refractivity contribution in [3.05, 3.63) is 33.3 Å². The lowest BCUT2D eigenvalue weighted by molar-refractivity contribution is -0.0801. The first kappa shape index (κ1) is 10.5. The van der Waals surface area contributed by atoms with Gasteiger partial charge in [-0.15, -0.1) is 11.3 Å². The Hall–Kier alpha value is -1.03. The van der Waals surface area contributed by atoms with Gasteiger partial charge in [0, 0.05) is 10.6 Å². The van der Waals surface area contributed by atoms with Crippen molar-refractivity contribution in [3.8, 4) is 0 Å². The first-order valence-electron chi connectivity index (χ1n) is 4.56. The Morgan fingerprint density at radius 2 is 2.20 bits per heavy atom. The maximum atomic E-state index is 11.9. The smallest absolute Gasteiger partial charge is 0.167 e. The van der Waals surface area contributed by atoms with Gasteiger partial charge in [-0.2, -0.15) is 13.2 Å². The summed E-state index contributed by atoms with van der Waals surface area (Å²) < 4.78 is 37.0. The summed E-state index contributed by atoms with van der Waals surface area (Å²) in [4.78, 5) is 0. The van der Waals surface area contributed by atoms with Crippen molar-refractivity contribution in [1.82, 2.24) is 0 Å². The number of thiophene rings is 1. The van der Waals surface area contributed by atoms with E-state index in [-0.39, 0.29) is 5.92 Å². The average Bonchev–Trinajstić information content (AvgIpc) is 2.60. The maximum Gasteiger partial charge on any atom is 0.409 e. The van der Waals surface area contributed by atoms with Crippen LogP contribution in [-0.4, -0.2) is 6.18 Å². The summed E-state index contributed by atoms with van der Waals surface area (Å²) >= 11 is 1.62. The Kier molecular flexibility index (Phi) is 2.69. The van der Waals surface area contributed by atoms with Crippen LogP contribution in [0.1, 0.15) is 6.42 Å². The molecule has 1 aliphatic carbocycles. The predicted octanol–water partition coefficient (Wildman–Crippen LogP) is 2.45. The fourth-order valence-corrected chi connectivity index (χ4v) is 2.37. The minimum atomic E-state index is -4.21. The molecule has 80 valence electrons. The third-order valence-corrected chi connectivity index (χ3v) is 3.16. The zero-order valence-corrected chi connectivity index (χ0v) is 8.61. The van der Waals surface area contributed by atoms with Crippen LogP contribution in [0.25, 0.3) is 12.2 Å². The molecule has 2 rings (SSSR count). The van der Waals surface area contributed by atoms with Crippen molar-refractivity contribution in [2.75, 3.05) is 0 Å². The van der Waals surface area contributed by atoms with E-state index in [1.165, 1.54) is 6.08 Å². The van der Waals surface area contributed by atoms with Crippen molar-refractivity contribution in [3.63, 3.8) is 0 Å². The molecule has 0 spiro atoms. The normalized spacial score (nSPS) is 20.9. The molecule has 15 heavy (non-hydrogen) atoms. The third kappa shape index (κ3) is 2.72. The fraction of sp³-hybridized carbons (Fsp3) is 0.273. The van der Waals surface area contributed by atoms with E-state index >= 15 is 0 Å². The summed E-state index contributed by atoms with van der Waals surface area (Å²) in [6, 6.07) is 1.93. The molecule has 0 saturated carbocycles. The Morgan fingerprint density at radius 3 is 2.93 bits per heavy atom. The first-order chi connectivity index (χ1) is 7.04. The molecule has 1 aromatic heterocycles. The summed E-state index contributed by atoms with van der Waals surface area (Å²) in [6.07, 6.45) is 1.86. The highest BCUT2D eigenvalue weighted by atomic mass is 32.1. The summed E-state index contributed by atoms with van der Waals surface area (Å²) in [6.45, 7) is 0. The molecule has 1 atom stereocenters. The lowest BCUT2D eigenvalue weighted by Crippen LogP contribution is -2.23. The minimum absolute atomic E-state index is 0.131. The van der Waals surface area contributed by atoms with Gasteiger partial charge in [-0.1, -0.05) is 18.2 Å². The highest BCUT2D eigenvalue weighted by molar-refractivity contribution is 7.07. The average molecular weight is 230 g/mol. The van der Waals surface area contributed by atoms with Gasteiger partial charge in [0.15, 0.2) is 0 Å². The van der Waals surface area contributed by atoms with Crippen LogP contribution in [-0.2, 0) is 0 Å². The Balaban J connectivity index is 2.20. The van der Waals surface area contributed by atoms with Gasteiger partial charge in [0.25, 0.3) is 0 Å². The number of hydrogen-bond acceptors (Lipinski definition) is 1. The molecule has 0 saturated heterocycles. The number of alkyl halides is 3. The Labute approximate surface area is 89.0 Å². The van der Waals surface area contributed by atoms with E-state index in [1.54, 1.807) is 11.3 Å². The van der Waals surface area contributed by atoms with E-state index in [1.807, 2.05) is 23.6 Å². The van der Waals surface area contributed by atoms with Gasteiger partial charge in [0.2, 0.25) is 0 Å². The van der Waals surface area contributed by atoms with Crippen LogP contribution in [0.2, 0.25) is 0 Å². The van der Waals surface area contributed by atoms with Crippen LogP contribution in [0.3, 0.4) is 0 Å². The van der Waals surface area contributed by atoms with Crippen LogP contribution in [0, 0.1) is 5.92 Å². The molecule has 0 aliphatic heterocycles. The van der Waals surface area contributed by atoms with Gasteiger partial charge in [0.1, 0.15) is 0 Å². The molecule has 4 heteroatoms. The highest BCUT2D eigenvalue weighted by Gasteiger charge is 2.22. The second-order valence-corrected chi connectivity index (χ2v) is 4.36. The quantitative estimate of drug-likeness (QED) is 0.650. The van der Waals surface area contributed by atoms with Gasteiger partial charge >= 0.3 is 6.18 Å². The van der Waals surface area contributed by atoms with Crippen molar-refractivity contribution in [2.24, 2.45) is 5.92 Å². The standard InChI is InChI=1S/C11H9F3S/c12-11(13,14)5-3-8-1-2-10-9(7-8)4-6-15-10/h2-8H,1H2/b5-3-. The molecule has 0 fully saturated rings. The summed E-state index contributed by atoms with van der Waals surface area (Å²) in [5, 5.41) is 3.00. The topological polar surface area (TPSA) is 0 Å². The molecule has 1 aliphatic rings. The lowest BCUT2D eigenvalue weighted by Gasteiger charge is -2.07. The summed E-state index contributed by atoms with van der Waals surface area (Å²) in [5.74, 6) is -0.131. The maximum absolute atomic E-state index is 11.9.